The van der Waals surface area contributed by atoms with Gasteiger partial charge in [-0.25, -0.2) is 0 Å². The third-order valence-electron chi connectivity index (χ3n) is 4.55. The van der Waals surface area contributed by atoms with Gasteiger partial charge in [0.15, 0.2) is 6.61 Å². The average Bonchev–Trinajstić information content (AvgIpc) is 2.74. The molecule has 0 unspecified atom stereocenters. The van der Waals surface area contributed by atoms with E-state index in [2.05, 4.69) is 5.32 Å². The van der Waals surface area contributed by atoms with E-state index >= 15 is 0 Å². The summed E-state index contributed by atoms with van der Waals surface area (Å²) in [6.45, 7) is 1.70. The van der Waals surface area contributed by atoms with Crippen molar-refractivity contribution in [3.8, 4) is 11.5 Å². The number of carbonyl (C=O) groups is 3. The van der Waals surface area contributed by atoms with E-state index in [4.69, 9.17) is 9.47 Å². The van der Waals surface area contributed by atoms with Gasteiger partial charge in [-0.2, -0.15) is 0 Å². The van der Waals surface area contributed by atoms with E-state index in [1.807, 2.05) is 0 Å². The Kier molecular flexibility index (Phi) is 6.33. The molecule has 0 spiro atoms. The Morgan fingerprint density at radius 1 is 1.17 bits per heavy atom. The van der Waals surface area contributed by atoms with Crippen molar-refractivity contribution >= 4 is 29.1 Å². The topological polar surface area (TPSA) is 88.2 Å². The Hall–Kier alpha value is -3.55. The third kappa shape index (κ3) is 4.66. The average molecular weight is 397 g/mol. The monoisotopic (exact) mass is 397 g/mol. The molecule has 0 saturated heterocycles. The molecule has 8 nitrogen and oxygen atoms in total. The van der Waals surface area contributed by atoms with Crippen LogP contribution in [0.1, 0.15) is 6.92 Å². The minimum Gasteiger partial charge on any atom is -0.495 e. The van der Waals surface area contributed by atoms with E-state index in [1.165, 1.54) is 16.9 Å². The number of rotatable bonds is 7. The number of hydrogen-bond donors (Lipinski definition) is 1. The summed E-state index contributed by atoms with van der Waals surface area (Å²) in [4.78, 5) is 40.3. The zero-order chi connectivity index (χ0) is 20.8. The van der Waals surface area contributed by atoms with Crippen LogP contribution < -0.4 is 19.7 Å². The number of likely N-dealkylation sites (N-methyl/N-ethyl adjacent to an activating group) is 1. The second kappa shape index (κ2) is 9.09. The first kappa shape index (κ1) is 20.2. The van der Waals surface area contributed by atoms with Crippen LogP contribution in [0, 0.1) is 0 Å². The fourth-order valence-electron chi connectivity index (χ4n) is 3.05. The van der Waals surface area contributed by atoms with E-state index in [9.17, 15) is 14.4 Å². The SMILES string of the molecule is CCN(CC(=O)Nc1ccccc1OC)C(=O)CN1C(=O)COc2ccccc21. The van der Waals surface area contributed by atoms with Crippen LogP contribution in [-0.4, -0.2) is 56.0 Å². The molecule has 1 heterocycles. The van der Waals surface area contributed by atoms with Gasteiger partial charge in [-0.1, -0.05) is 24.3 Å². The van der Waals surface area contributed by atoms with Crippen molar-refractivity contribution in [2.24, 2.45) is 0 Å². The maximum Gasteiger partial charge on any atom is 0.265 e. The number of nitrogens with zero attached hydrogens (tertiary/aromatic N) is 2. The molecule has 0 atom stereocenters. The van der Waals surface area contributed by atoms with Gasteiger partial charge in [0.2, 0.25) is 11.8 Å². The van der Waals surface area contributed by atoms with E-state index in [-0.39, 0.29) is 37.4 Å². The summed E-state index contributed by atoms with van der Waals surface area (Å²) in [5.41, 5.74) is 1.08. The van der Waals surface area contributed by atoms with Gasteiger partial charge in [0.05, 0.1) is 25.0 Å². The zero-order valence-electron chi connectivity index (χ0n) is 16.4. The predicted octanol–water partition coefficient (Wildman–Crippen LogP) is 1.91. The Morgan fingerprint density at radius 3 is 2.66 bits per heavy atom. The molecule has 29 heavy (non-hydrogen) atoms. The molecule has 1 aliphatic heterocycles. The van der Waals surface area contributed by atoms with Gasteiger partial charge < -0.3 is 19.7 Å². The number of anilines is 2. The second-order valence-corrected chi connectivity index (χ2v) is 6.39. The number of para-hydroxylation sites is 4. The Morgan fingerprint density at radius 2 is 1.90 bits per heavy atom. The van der Waals surface area contributed by atoms with E-state index in [0.717, 1.165) is 0 Å². The molecule has 2 aromatic carbocycles. The number of nitrogens with one attached hydrogen (secondary N) is 1. The summed E-state index contributed by atoms with van der Waals surface area (Å²) in [6, 6.07) is 14.1. The van der Waals surface area contributed by atoms with Gasteiger partial charge in [-0.05, 0) is 31.2 Å². The minimum atomic E-state index is -0.349. The standard InChI is InChI=1S/C21H23N3O5/c1-3-23(12-19(25)22-15-8-4-6-10-17(15)28-2)20(26)13-24-16-9-5-7-11-18(16)29-14-21(24)27/h4-11H,3,12-14H2,1-2H3,(H,22,25). The molecule has 2 aromatic rings. The van der Waals surface area contributed by atoms with Crippen LogP contribution in [0.3, 0.4) is 0 Å². The lowest BCUT2D eigenvalue weighted by atomic mass is 10.2. The molecule has 0 fully saturated rings. The Bertz CT molecular complexity index is 915. The Balaban J connectivity index is 1.66. The van der Waals surface area contributed by atoms with E-state index in [0.29, 0.717) is 29.4 Å². The molecule has 0 aliphatic carbocycles. The van der Waals surface area contributed by atoms with Crippen LogP contribution in [-0.2, 0) is 14.4 Å². The van der Waals surface area contributed by atoms with Crippen molar-refractivity contribution in [2.75, 3.05) is 43.6 Å². The Labute approximate surface area is 169 Å². The largest absolute Gasteiger partial charge is 0.495 e. The molecule has 0 aromatic heterocycles. The lowest BCUT2D eigenvalue weighted by molar-refractivity contribution is -0.134. The van der Waals surface area contributed by atoms with Crippen molar-refractivity contribution in [3.63, 3.8) is 0 Å². The van der Waals surface area contributed by atoms with Crippen LogP contribution in [0.5, 0.6) is 11.5 Å². The maximum absolute atomic E-state index is 12.8. The summed E-state index contributed by atoms with van der Waals surface area (Å²) in [7, 11) is 1.52. The number of benzene rings is 2. The fraction of sp³-hybridized carbons (Fsp3) is 0.286. The van der Waals surface area contributed by atoms with Crippen molar-refractivity contribution in [2.45, 2.75) is 6.92 Å². The molecule has 0 bridgehead atoms. The quantitative estimate of drug-likeness (QED) is 0.771. The molecular weight excluding hydrogens is 374 g/mol. The van der Waals surface area contributed by atoms with E-state index in [1.54, 1.807) is 55.5 Å². The smallest absolute Gasteiger partial charge is 0.265 e. The molecule has 8 heteroatoms. The first-order valence-corrected chi connectivity index (χ1v) is 9.26. The molecule has 1 aliphatic rings. The number of ether oxygens (including phenoxy) is 2. The van der Waals surface area contributed by atoms with Gasteiger partial charge in [-0.3, -0.25) is 19.3 Å². The zero-order valence-corrected chi connectivity index (χ0v) is 16.4. The van der Waals surface area contributed by atoms with E-state index < -0.39 is 0 Å². The highest BCUT2D eigenvalue weighted by Gasteiger charge is 2.29. The number of hydrogen-bond acceptors (Lipinski definition) is 5. The van der Waals surface area contributed by atoms with Gasteiger partial charge in [0.25, 0.3) is 5.91 Å². The first-order valence-electron chi connectivity index (χ1n) is 9.26. The highest BCUT2D eigenvalue weighted by molar-refractivity contribution is 6.03. The molecule has 1 N–H and O–H groups in total. The van der Waals surface area contributed by atoms with Crippen molar-refractivity contribution < 1.29 is 23.9 Å². The highest BCUT2D eigenvalue weighted by Crippen LogP contribution is 2.31. The first-order chi connectivity index (χ1) is 14.0. The van der Waals surface area contributed by atoms with Gasteiger partial charge >= 0.3 is 0 Å². The summed E-state index contributed by atoms with van der Waals surface area (Å²) in [6.07, 6.45) is 0. The van der Waals surface area contributed by atoms with Crippen LogP contribution in [0.4, 0.5) is 11.4 Å². The molecule has 0 radical (unpaired) electrons. The van der Waals surface area contributed by atoms with Crippen molar-refractivity contribution in [1.29, 1.82) is 0 Å². The lowest BCUT2D eigenvalue weighted by Gasteiger charge is -2.30. The van der Waals surface area contributed by atoms with Crippen LogP contribution in [0.25, 0.3) is 0 Å². The number of amides is 3. The molecule has 152 valence electrons. The van der Waals surface area contributed by atoms with Crippen molar-refractivity contribution in [1.82, 2.24) is 4.90 Å². The molecule has 0 saturated carbocycles. The minimum absolute atomic E-state index is 0.120. The normalized spacial score (nSPS) is 12.6. The lowest BCUT2D eigenvalue weighted by Crippen LogP contribution is -2.48. The number of methoxy groups -OCH3 is 1. The summed E-state index contributed by atoms with van der Waals surface area (Å²) in [5, 5.41) is 2.75. The third-order valence-corrected chi connectivity index (χ3v) is 4.55. The number of carbonyl (C=O) groups excluding carboxylic acids is 3. The molecular formula is C21H23N3O5. The van der Waals surface area contributed by atoms with Crippen LogP contribution >= 0.6 is 0 Å². The van der Waals surface area contributed by atoms with Crippen LogP contribution in [0.15, 0.2) is 48.5 Å². The summed E-state index contributed by atoms with van der Waals surface area (Å²) < 4.78 is 10.6. The van der Waals surface area contributed by atoms with Gasteiger partial charge in [-0.15, -0.1) is 0 Å². The highest BCUT2D eigenvalue weighted by atomic mass is 16.5. The number of fused-ring (bicyclic) bond motifs is 1. The second-order valence-electron chi connectivity index (χ2n) is 6.39. The molecule has 3 amide bonds. The molecule has 3 rings (SSSR count). The summed E-state index contributed by atoms with van der Waals surface area (Å²) in [5.74, 6) is 0.111. The van der Waals surface area contributed by atoms with Crippen molar-refractivity contribution in [3.05, 3.63) is 48.5 Å². The van der Waals surface area contributed by atoms with Crippen LogP contribution in [0.2, 0.25) is 0 Å². The van der Waals surface area contributed by atoms with Gasteiger partial charge in [0, 0.05) is 6.54 Å². The fourth-order valence-corrected chi connectivity index (χ4v) is 3.05. The predicted molar refractivity (Wildman–Crippen MR) is 108 cm³/mol. The van der Waals surface area contributed by atoms with Gasteiger partial charge in [0.1, 0.15) is 18.0 Å². The summed E-state index contributed by atoms with van der Waals surface area (Å²) >= 11 is 0. The maximum atomic E-state index is 12.8.